The summed E-state index contributed by atoms with van der Waals surface area (Å²) in [5.41, 5.74) is -0.397. The summed E-state index contributed by atoms with van der Waals surface area (Å²) in [6, 6.07) is 0. The molecule has 0 atom stereocenters. The highest BCUT2D eigenvalue weighted by Gasteiger charge is 2.34. The summed E-state index contributed by atoms with van der Waals surface area (Å²) in [4.78, 5) is 14.1. The largest absolute Gasteiger partial charge is 0.574 e. The van der Waals surface area contributed by atoms with Crippen molar-refractivity contribution in [1.82, 2.24) is 4.98 Å². The van der Waals surface area contributed by atoms with Crippen LogP contribution in [0.2, 0.25) is 0 Å². The molecule has 0 spiro atoms. The van der Waals surface area contributed by atoms with E-state index in [9.17, 15) is 18.0 Å². The van der Waals surface area contributed by atoms with E-state index in [4.69, 9.17) is 5.11 Å². The SMILES string of the molecule is Cc1c(I)cnc(OC(F)(F)F)c1C(=O)O. The van der Waals surface area contributed by atoms with Crippen molar-refractivity contribution in [3.8, 4) is 5.88 Å². The Morgan fingerprint density at radius 2 is 2.12 bits per heavy atom. The first-order valence-corrected chi connectivity index (χ1v) is 4.94. The van der Waals surface area contributed by atoms with Crippen LogP contribution in [0, 0.1) is 10.5 Å². The summed E-state index contributed by atoms with van der Waals surface area (Å²) in [6.07, 6.45) is -3.85. The van der Waals surface area contributed by atoms with Crippen molar-refractivity contribution >= 4 is 28.6 Å². The smallest absolute Gasteiger partial charge is 0.477 e. The molecule has 0 fully saturated rings. The Hall–Kier alpha value is -1.06. The molecule has 8 heteroatoms. The van der Waals surface area contributed by atoms with Gasteiger partial charge in [0.15, 0.2) is 0 Å². The average Bonchev–Trinajstić information content (AvgIpc) is 2.08. The molecule has 1 aromatic heterocycles. The second-order valence-electron chi connectivity index (χ2n) is 2.76. The van der Waals surface area contributed by atoms with Gasteiger partial charge in [0.1, 0.15) is 5.56 Å². The van der Waals surface area contributed by atoms with Crippen LogP contribution in [0.4, 0.5) is 13.2 Å². The lowest BCUT2D eigenvalue weighted by molar-refractivity contribution is -0.276. The molecule has 1 rings (SSSR count). The van der Waals surface area contributed by atoms with Gasteiger partial charge in [-0.15, -0.1) is 13.2 Å². The van der Waals surface area contributed by atoms with Gasteiger partial charge in [-0.25, -0.2) is 9.78 Å². The zero-order chi connectivity index (χ0) is 12.5. The number of ether oxygens (including phenoxy) is 1. The van der Waals surface area contributed by atoms with Crippen LogP contribution in [0.3, 0.4) is 0 Å². The maximum Gasteiger partial charge on any atom is 0.574 e. The quantitative estimate of drug-likeness (QED) is 0.836. The third-order valence-electron chi connectivity index (χ3n) is 1.67. The van der Waals surface area contributed by atoms with Gasteiger partial charge < -0.3 is 9.84 Å². The summed E-state index contributed by atoms with van der Waals surface area (Å²) >= 11 is 1.77. The van der Waals surface area contributed by atoms with Crippen LogP contribution in [0.15, 0.2) is 6.20 Å². The van der Waals surface area contributed by atoms with Gasteiger partial charge in [-0.3, -0.25) is 0 Å². The second-order valence-corrected chi connectivity index (χ2v) is 3.93. The number of rotatable bonds is 2. The van der Waals surface area contributed by atoms with Crippen LogP contribution in [0.1, 0.15) is 15.9 Å². The second kappa shape index (κ2) is 4.44. The van der Waals surface area contributed by atoms with Gasteiger partial charge in [0.25, 0.3) is 0 Å². The Labute approximate surface area is 102 Å². The highest BCUT2D eigenvalue weighted by molar-refractivity contribution is 14.1. The molecule has 0 saturated carbocycles. The number of halogens is 4. The molecule has 4 nitrogen and oxygen atoms in total. The summed E-state index contributed by atoms with van der Waals surface area (Å²) in [7, 11) is 0. The predicted molar refractivity (Wildman–Crippen MR) is 55.3 cm³/mol. The lowest BCUT2D eigenvalue weighted by Crippen LogP contribution is -2.20. The maximum atomic E-state index is 12.0. The van der Waals surface area contributed by atoms with Crippen molar-refractivity contribution in [2.24, 2.45) is 0 Å². The van der Waals surface area contributed by atoms with Crippen molar-refractivity contribution < 1.29 is 27.8 Å². The summed E-state index contributed by atoms with van der Waals surface area (Å²) in [5.74, 6) is -2.46. The molecule has 16 heavy (non-hydrogen) atoms. The molecule has 1 heterocycles. The highest BCUT2D eigenvalue weighted by atomic mass is 127. The molecule has 0 bridgehead atoms. The van der Waals surface area contributed by atoms with E-state index in [2.05, 4.69) is 9.72 Å². The van der Waals surface area contributed by atoms with E-state index >= 15 is 0 Å². The topological polar surface area (TPSA) is 59.4 Å². The van der Waals surface area contributed by atoms with E-state index in [0.29, 0.717) is 3.57 Å². The molecular formula is C8H5F3INO3. The lowest BCUT2D eigenvalue weighted by atomic mass is 10.1. The van der Waals surface area contributed by atoms with Crippen molar-refractivity contribution in [3.63, 3.8) is 0 Å². The number of aromatic nitrogens is 1. The lowest BCUT2D eigenvalue weighted by Gasteiger charge is -2.12. The van der Waals surface area contributed by atoms with E-state index in [1.165, 1.54) is 6.92 Å². The summed E-state index contributed by atoms with van der Waals surface area (Å²) in [5, 5.41) is 8.78. The summed E-state index contributed by atoms with van der Waals surface area (Å²) in [6.45, 7) is 1.39. The molecule has 88 valence electrons. The number of pyridine rings is 1. The normalized spacial score (nSPS) is 11.3. The fraction of sp³-hybridized carbons (Fsp3) is 0.250. The number of hydrogen-bond donors (Lipinski definition) is 1. The van der Waals surface area contributed by atoms with Gasteiger partial charge in [0.05, 0.1) is 0 Å². The first-order chi connectivity index (χ1) is 7.22. The Kier molecular flexibility index (Phi) is 3.61. The van der Waals surface area contributed by atoms with E-state index in [0.717, 1.165) is 6.20 Å². The monoisotopic (exact) mass is 347 g/mol. The predicted octanol–water partition coefficient (Wildman–Crippen LogP) is 2.59. The maximum absolute atomic E-state index is 12.0. The highest BCUT2D eigenvalue weighted by Crippen LogP contribution is 2.28. The minimum Gasteiger partial charge on any atom is -0.477 e. The molecule has 0 unspecified atom stereocenters. The Balaban J connectivity index is 3.29. The zero-order valence-corrected chi connectivity index (χ0v) is 9.96. The van der Waals surface area contributed by atoms with Crippen LogP contribution in [0.5, 0.6) is 5.88 Å². The van der Waals surface area contributed by atoms with Gasteiger partial charge in [0.2, 0.25) is 5.88 Å². The number of aromatic carboxylic acids is 1. The van der Waals surface area contributed by atoms with Gasteiger partial charge >= 0.3 is 12.3 Å². The third kappa shape index (κ3) is 2.97. The molecule has 0 aliphatic heterocycles. The molecule has 1 aromatic rings. The number of nitrogens with zero attached hydrogens (tertiary/aromatic N) is 1. The number of hydrogen-bond acceptors (Lipinski definition) is 3. The number of carboxylic acids is 1. The van der Waals surface area contributed by atoms with E-state index in [-0.39, 0.29) is 5.56 Å². The van der Waals surface area contributed by atoms with Gasteiger partial charge in [-0.1, -0.05) is 0 Å². The molecule has 0 aliphatic carbocycles. The molecule has 0 aromatic carbocycles. The molecule has 0 amide bonds. The van der Waals surface area contributed by atoms with Crippen molar-refractivity contribution in [3.05, 3.63) is 20.9 Å². The van der Waals surface area contributed by atoms with Crippen LogP contribution in [0.25, 0.3) is 0 Å². The fourth-order valence-corrected chi connectivity index (χ4v) is 1.40. The molecular weight excluding hydrogens is 342 g/mol. The Bertz CT molecular complexity index is 433. The first-order valence-electron chi connectivity index (χ1n) is 3.86. The average molecular weight is 347 g/mol. The molecule has 0 saturated heterocycles. The molecule has 0 aliphatic rings. The Morgan fingerprint density at radius 3 is 2.56 bits per heavy atom. The minimum absolute atomic E-state index is 0.183. The zero-order valence-electron chi connectivity index (χ0n) is 7.80. The summed E-state index contributed by atoms with van der Waals surface area (Å²) < 4.78 is 39.9. The molecule has 0 radical (unpaired) electrons. The molecule has 1 N–H and O–H groups in total. The van der Waals surface area contributed by atoms with Gasteiger partial charge in [0, 0.05) is 9.77 Å². The standard InChI is InChI=1S/C8H5F3INO3/c1-3-4(12)2-13-6(5(3)7(14)15)16-8(9,10)11/h2H,1H3,(H,14,15). The minimum atomic E-state index is -4.96. The first kappa shape index (κ1) is 13.0. The van der Waals surface area contributed by atoms with Gasteiger partial charge in [-0.05, 0) is 35.1 Å². The van der Waals surface area contributed by atoms with Crippen LogP contribution in [-0.4, -0.2) is 22.4 Å². The third-order valence-corrected chi connectivity index (χ3v) is 2.76. The van der Waals surface area contributed by atoms with E-state index < -0.39 is 23.8 Å². The number of alkyl halides is 3. The van der Waals surface area contributed by atoms with Crippen molar-refractivity contribution in [2.45, 2.75) is 13.3 Å². The van der Waals surface area contributed by atoms with Crippen LogP contribution < -0.4 is 4.74 Å². The van der Waals surface area contributed by atoms with Gasteiger partial charge in [-0.2, -0.15) is 0 Å². The van der Waals surface area contributed by atoms with E-state index in [1.54, 1.807) is 22.6 Å². The van der Waals surface area contributed by atoms with Crippen LogP contribution in [-0.2, 0) is 0 Å². The van der Waals surface area contributed by atoms with Crippen LogP contribution >= 0.6 is 22.6 Å². The van der Waals surface area contributed by atoms with E-state index in [1.807, 2.05) is 0 Å². The fourth-order valence-electron chi connectivity index (χ4n) is 0.995. The van der Waals surface area contributed by atoms with Crippen molar-refractivity contribution in [1.29, 1.82) is 0 Å². The van der Waals surface area contributed by atoms with Crippen molar-refractivity contribution in [2.75, 3.05) is 0 Å². The number of carboxylic acid groups (broad SMARTS) is 1. The Morgan fingerprint density at radius 1 is 1.56 bits per heavy atom. The number of carbonyl (C=O) groups is 1.